The molecule has 0 atom stereocenters. The molecular weight excluding hydrogens is 261 g/mol. The van der Waals surface area contributed by atoms with Crippen LogP contribution in [0.2, 0.25) is 5.02 Å². The maximum Gasteiger partial charge on any atom is 0.0511 e. The number of aromatic amines is 1. The van der Waals surface area contributed by atoms with E-state index < -0.39 is 0 Å². The van der Waals surface area contributed by atoms with E-state index >= 15 is 0 Å². The van der Waals surface area contributed by atoms with E-state index in [2.05, 4.69) is 27.0 Å². The van der Waals surface area contributed by atoms with E-state index in [-0.39, 0.29) is 0 Å². The van der Waals surface area contributed by atoms with Crippen LogP contribution in [0.25, 0.3) is 10.9 Å². The summed E-state index contributed by atoms with van der Waals surface area (Å²) in [6.45, 7) is 0. The molecule has 3 rings (SSSR count). The van der Waals surface area contributed by atoms with Crippen molar-refractivity contribution in [1.82, 2.24) is 4.98 Å². The summed E-state index contributed by atoms with van der Waals surface area (Å²) in [5, 5.41) is 1.94. The number of hydrogen-bond acceptors (Lipinski definition) is 0. The largest absolute Gasteiger partial charge is 0.357 e. The average Bonchev–Trinajstić information content (AvgIpc) is 2.93. The molecule has 1 fully saturated rings. The van der Waals surface area contributed by atoms with Crippen molar-refractivity contribution in [2.45, 2.75) is 18.8 Å². The second-order valence-electron chi connectivity index (χ2n) is 3.79. The second-order valence-corrected chi connectivity index (χ2v) is 4.99. The minimum atomic E-state index is 0.716. The zero-order valence-electron chi connectivity index (χ0n) is 7.48. The lowest BCUT2D eigenvalue weighted by atomic mass is 10.2. The normalized spacial score (nSPS) is 16.4. The van der Waals surface area contributed by atoms with Crippen molar-refractivity contribution < 1.29 is 0 Å². The first-order valence-corrected chi connectivity index (χ1v) is 5.90. The second kappa shape index (κ2) is 3.01. The summed E-state index contributed by atoms with van der Waals surface area (Å²) in [5.41, 5.74) is 2.44. The fourth-order valence-corrected chi connectivity index (χ4v) is 3.07. The van der Waals surface area contributed by atoms with Crippen molar-refractivity contribution in [3.8, 4) is 0 Å². The Morgan fingerprint density at radius 1 is 1.36 bits per heavy atom. The number of rotatable bonds is 1. The summed E-state index contributed by atoms with van der Waals surface area (Å²) in [6, 6.07) is 5.97. The highest BCUT2D eigenvalue weighted by Crippen LogP contribution is 2.46. The third kappa shape index (κ3) is 1.21. The molecule has 0 bridgehead atoms. The fourth-order valence-electron chi connectivity index (χ4n) is 1.84. The third-order valence-electron chi connectivity index (χ3n) is 2.72. The van der Waals surface area contributed by atoms with E-state index in [1.807, 2.05) is 12.1 Å². The van der Waals surface area contributed by atoms with Crippen molar-refractivity contribution in [3.63, 3.8) is 0 Å². The van der Waals surface area contributed by atoms with Gasteiger partial charge in [-0.2, -0.15) is 0 Å². The van der Waals surface area contributed by atoms with Gasteiger partial charge in [0.25, 0.3) is 0 Å². The highest BCUT2D eigenvalue weighted by Gasteiger charge is 2.28. The Morgan fingerprint density at radius 3 is 2.79 bits per heavy atom. The van der Waals surface area contributed by atoms with Crippen LogP contribution in [-0.2, 0) is 0 Å². The Labute approximate surface area is 95.6 Å². The van der Waals surface area contributed by atoms with E-state index in [0.29, 0.717) is 5.92 Å². The molecule has 1 aliphatic rings. The monoisotopic (exact) mass is 269 g/mol. The van der Waals surface area contributed by atoms with Gasteiger partial charge in [-0.3, -0.25) is 0 Å². The first kappa shape index (κ1) is 8.81. The van der Waals surface area contributed by atoms with Crippen molar-refractivity contribution in [3.05, 3.63) is 33.4 Å². The van der Waals surface area contributed by atoms with Gasteiger partial charge in [-0.25, -0.2) is 0 Å². The molecule has 3 heteroatoms. The number of H-pyrrole nitrogens is 1. The maximum absolute atomic E-state index is 6.15. The number of aromatic nitrogens is 1. The van der Waals surface area contributed by atoms with Gasteiger partial charge in [-0.1, -0.05) is 17.7 Å². The van der Waals surface area contributed by atoms with Crippen LogP contribution in [0.5, 0.6) is 0 Å². The molecule has 0 amide bonds. The zero-order chi connectivity index (χ0) is 9.71. The number of nitrogens with one attached hydrogen (secondary N) is 1. The van der Waals surface area contributed by atoms with Crippen LogP contribution in [-0.4, -0.2) is 4.98 Å². The topological polar surface area (TPSA) is 15.8 Å². The molecule has 1 nitrogen and oxygen atoms in total. The summed E-state index contributed by atoms with van der Waals surface area (Å²) in [7, 11) is 0. The van der Waals surface area contributed by atoms with Crippen molar-refractivity contribution >= 4 is 38.4 Å². The van der Waals surface area contributed by atoms with Gasteiger partial charge in [0, 0.05) is 27.0 Å². The summed E-state index contributed by atoms with van der Waals surface area (Å²) in [4.78, 5) is 3.44. The standard InChI is InChI=1S/C11H9BrClN/c12-10-9-7(13)2-1-3-8(9)14-11(10)6-4-5-6/h1-3,6,14H,4-5H2. The molecular formula is C11H9BrClN. The minimum absolute atomic E-state index is 0.716. The summed E-state index contributed by atoms with van der Waals surface area (Å²) in [5.74, 6) is 0.716. The fraction of sp³-hybridized carbons (Fsp3) is 0.273. The Morgan fingerprint density at radius 2 is 2.14 bits per heavy atom. The zero-order valence-corrected chi connectivity index (χ0v) is 9.82. The first-order chi connectivity index (χ1) is 6.77. The molecule has 0 saturated heterocycles. The lowest BCUT2D eigenvalue weighted by Crippen LogP contribution is -1.77. The Hall–Kier alpha value is -0.470. The Bertz CT molecular complexity index is 499. The molecule has 72 valence electrons. The molecule has 1 aromatic heterocycles. The predicted molar refractivity (Wildman–Crippen MR) is 63.0 cm³/mol. The number of benzene rings is 1. The van der Waals surface area contributed by atoms with Gasteiger partial charge in [0.1, 0.15) is 0 Å². The van der Waals surface area contributed by atoms with Crippen molar-refractivity contribution in [2.75, 3.05) is 0 Å². The molecule has 2 aromatic rings. The van der Waals surface area contributed by atoms with Gasteiger partial charge in [0.05, 0.1) is 5.02 Å². The molecule has 1 heterocycles. The maximum atomic E-state index is 6.15. The molecule has 1 aliphatic carbocycles. The quantitative estimate of drug-likeness (QED) is 0.787. The highest BCUT2D eigenvalue weighted by molar-refractivity contribution is 9.10. The van der Waals surface area contributed by atoms with Crippen LogP contribution in [0.3, 0.4) is 0 Å². The van der Waals surface area contributed by atoms with E-state index in [1.54, 1.807) is 0 Å². The molecule has 14 heavy (non-hydrogen) atoms. The van der Waals surface area contributed by atoms with E-state index in [4.69, 9.17) is 11.6 Å². The summed E-state index contributed by atoms with van der Waals surface area (Å²) >= 11 is 9.78. The van der Waals surface area contributed by atoms with Crippen molar-refractivity contribution in [1.29, 1.82) is 0 Å². The van der Waals surface area contributed by atoms with Crippen LogP contribution in [0, 0.1) is 0 Å². The van der Waals surface area contributed by atoms with Gasteiger partial charge in [0.2, 0.25) is 0 Å². The van der Waals surface area contributed by atoms with Crippen LogP contribution in [0.1, 0.15) is 24.5 Å². The SMILES string of the molecule is Clc1cccc2[nH]c(C3CC3)c(Br)c12. The Balaban J connectivity index is 2.34. The molecule has 0 unspecified atom stereocenters. The summed E-state index contributed by atoms with van der Waals surface area (Å²) in [6.07, 6.45) is 2.59. The lowest BCUT2D eigenvalue weighted by Gasteiger charge is -1.94. The van der Waals surface area contributed by atoms with Gasteiger partial charge < -0.3 is 4.98 Å². The van der Waals surface area contributed by atoms with Crippen LogP contribution >= 0.6 is 27.5 Å². The van der Waals surface area contributed by atoms with Crippen LogP contribution in [0.15, 0.2) is 22.7 Å². The predicted octanol–water partition coefficient (Wildman–Crippen LogP) is 4.46. The first-order valence-electron chi connectivity index (χ1n) is 4.73. The highest BCUT2D eigenvalue weighted by atomic mass is 79.9. The molecule has 1 saturated carbocycles. The van der Waals surface area contributed by atoms with Crippen molar-refractivity contribution in [2.24, 2.45) is 0 Å². The van der Waals surface area contributed by atoms with E-state index in [0.717, 1.165) is 20.4 Å². The number of halogens is 2. The number of fused-ring (bicyclic) bond motifs is 1. The van der Waals surface area contributed by atoms with Gasteiger partial charge >= 0.3 is 0 Å². The number of hydrogen-bond donors (Lipinski definition) is 1. The average molecular weight is 271 g/mol. The Kier molecular flexibility index (Phi) is 1.89. The van der Waals surface area contributed by atoms with E-state index in [9.17, 15) is 0 Å². The lowest BCUT2D eigenvalue weighted by molar-refractivity contribution is 1.05. The molecule has 1 aromatic carbocycles. The van der Waals surface area contributed by atoms with Crippen LogP contribution in [0.4, 0.5) is 0 Å². The molecule has 0 radical (unpaired) electrons. The summed E-state index contributed by atoms with van der Waals surface area (Å²) < 4.78 is 1.15. The van der Waals surface area contributed by atoms with E-state index in [1.165, 1.54) is 18.5 Å². The molecule has 0 aliphatic heterocycles. The third-order valence-corrected chi connectivity index (χ3v) is 3.86. The molecule has 1 N–H and O–H groups in total. The smallest absolute Gasteiger partial charge is 0.0511 e. The van der Waals surface area contributed by atoms with Gasteiger partial charge in [-0.15, -0.1) is 0 Å². The van der Waals surface area contributed by atoms with Crippen LogP contribution < -0.4 is 0 Å². The van der Waals surface area contributed by atoms with Gasteiger partial charge in [0.15, 0.2) is 0 Å². The molecule has 0 spiro atoms. The van der Waals surface area contributed by atoms with Gasteiger partial charge in [-0.05, 0) is 40.9 Å². The minimum Gasteiger partial charge on any atom is -0.357 e.